The molecule has 1 heterocycles. The van der Waals surface area contributed by atoms with E-state index in [4.69, 9.17) is 4.74 Å². The van der Waals surface area contributed by atoms with Crippen LogP contribution < -0.4 is 0 Å². The third kappa shape index (κ3) is 10.0. The van der Waals surface area contributed by atoms with Crippen LogP contribution in [0.3, 0.4) is 0 Å². The number of carbonyl (C=O) groups excluding carboxylic acids is 3. The second-order valence-electron chi connectivity index (χ2n) is 12.1. The van der Waals surface area contributed by atoms with Crippen LogP contribution in [0.25, 0.3) is 0 Å². The Bertz CT molecular complexity index is 1210. The highest BCUT2D eigenvalue weighted by Gasteiger charge is 2.41. The number of aliphatic hydroxyl groups is 1. The largest absolute Gasteiger partial charge is 0.396 e. The number of rotatable bonds is 16. The molecule has 0 spiro atoms. The van der Waals surface area contributed by atoms with Gasteiger partial charge in [-0.15, -0.1) is 0 Å². The molecule has 1 fully saturated rings. The quantitative estimate of drug-likeness (QED) is 0.1000. The van der Waals surface area contributed by atoms with Gasteiger partial charge in [-0.3, -0.25) is 14.4 Å². The zero-order valence-corrected chi connectivity index (χ0v) is 25.8. The van der Waals surface area contributed by atoms with E-state index in [-0.39, 0.29) is 36.8 Å². The van der Waals surface area contributed by atoms with Gasteiger partial charge in [-0.05, 0) is 81.2 Å². The van der Waals surface area contributed by atoms with E-state index in [9.17, 15) is 19.5 Å². The van der Waals surface area contributed by atoms with Crippen LogP contribution >= 0.6 is 0 Å². The molecular formula is C37H48O5. The molecule has 0 aromatic heterocycles. The molecule has 1 aliphatic heterocycles. The summed E-state index contributed by atoms with van der Waals surface area (Å²) in [7, 11) is 0. The third-order valence-electron chi connectivity index (χ3n) is 8.63. The highest BCUT2D eigenvalue weighted by atomic mass is 16.5. The van der Waals surface area contributed by atoms with Gasteiger partial charge < -0.3 is 9.84 Å². The molecule has 1 N–H and O–H groups in total. The summed E-state index contributed by atoms with van der Waals surface area (Å²) in [6.45, 7) is 6.93. The van der Waals surface area contributed by atoms with Gasteiger partial charge in [0.25, 0.3) is 0 Å². The average Bonchev–Trinajstić information content (AvgIpc) is 3.01. The molecule has 2 aromatic carbocycles. The zero-order chi connectivity index (χ0) is 30.4. The highest BCUT2D eigenvalue weighted by Crippen LogP contribution is 2.33. The van der Waals surface area contributed by atoms with Crippen LogP contribution in [0.1, 0.15) is 112 Å². The summed E-state index contributed by atoms with van der Waals surface area (Å²) >= 11 is 0. The number of aryl methyl sites for hydroxylation is 1. The van der Waals surface area contributed by atoms with Crippen molar-refractivity contribution < 1.29 is 24.2 Å². The molecule has 2 aromatic rings. The van der Waals surface area contributed by atoms with Gasteiger partial charge in [-0.2, -0.15) is 0 Å². The molecule has 1 aliphatic rings. The Kier molecular flexibility index (Phi) is 13.6. The number of ketones is 3. The maximum atomic E-state index is 13.2. The van der Waals surface area contributed by atoms with E-state index in [0.29, 0.717) is 18.4 Å². The summed E-state index contributed by atoms with van der Waals surface area (Å²) in [6, 6.07) is 15.6. The second-order valence-corrected chi connectivity index (χ2v) is 12.1. The Labute approximate surface area is 252 Å². The summed E-state index contributed by atoms with van der Waals surface area (Å²) in [6.07, 6.45) is 9.20. The van der Waals surface area contributed by atoms with Crippen LogP contribution in [-0.4, -0.2) is 42.3 Å². The monoisotopic (exact) mass is 572 g/mol. The number of unbranched alkanes of at least 4 members (excludes halogenated alkanes) is 2. The number of benzene rings is 2. The molecular weight excluding hydrogens is 524 g/mol. The predicted molar refractivity (Wildman–Crippen MR) is 167 cm³/mol. The van der Waals surface area contributed by atoms with Gasteiger partial charge in [0.05, 0.1) is 5.41 Å². The van der Waals surface area contributed by atoms with Crippen molar-refractivity contribution in [2.24, 2.45) is 17.3 Å². The van der Waals surface area contributed by atoms with Gasteiger partial charge in [0.2, 0.25) is 0 Å². The minimum Gasteiger partial charge on any atom is -0.396 e. The first kappa shape index (κ1) is 33.4. The van der Waals surface area contributed by atoms with Crippen molar-refractivity contribution in [3.8, 4) is 11.8 Å². The van der Waals surface area contributed by atoms with Gasteiger partial charge in [0.1, 0.15) is 11.6 Å². The lowest BCUT2D eigenvalue weighted by atomic mass is 9.71. The summed E-state index contributed by atoms with van der Waals surface area (Å²) < 4.78 is 5.45. The fourth-order valence-electron chi connectivity index (χ4n) is 5.78. The van der Waals surface area contributed by atoms with Gasteiger partial charge in [-0.25, -0.2) is 0 Å². The first-order valence-electron chi connectivity index (χ1n) is 15.8. The first-order chi connectivity index (χ1) is 20.3. The van der Waals surface area contributed by atoms with Gasteiger partial charge >= 0.3 is 0 Å². The molecule has 1 unspecified atom stereocenters. The van der Waals surface area contributed by atoms with Crippen molar-refractivity contribution in [2.75, 3.05) is 19.8 Å². The van der Waals surface area contributed by atoms with E-state index >= 15 is 0 Å². The second kappa shape index (κ2) is 17.1. The number of aliphatic hydroxyl groups excluding tert-OH is 1. The molecule has 226 valence electrons. The topological polar surface area (TPSA) is 80.7 Å². The SMILES string of the molecule is CCCCC(=O)[C@](C)(CC(C)C(=O)c1ccc(C#Cc2ccc(CCCCC3CCOCC3)cc2)cc1)C(=O)CCO. The minimum atomic E-state index is -1.27. The van der Waals surface area contributed by atoms with Gasteiger partial charge in [0, 0.05) is 55.3 Å². The Morgan fingerprint density at radius 1 is 0.905 bits per heavy atom. The molecule has 2 atom stereocenters. The van der Waals surface area contributed by atoms with E-state index in [1.807, 2.05) is 19.1 Å². The third-order valence-corrected chi connectivity index (χ3v) is 8.63. The Balaban J connectivity index is 1.54. The Morgan fingerprint density at radius 3 is 2.10 bits per heavy atom. The molecule has 5 heteroatoms. The van der Waals surface area contributed by atoms with Gasteiger partial charge in [0.15, 0.2) is 5.78 Å². The maximum absolute atomic E-state index is 13.2. The molecule has 0 aliphatic carbocycles. The number of hydrogen-bond acceptors (Lipinski definition) is 5. The van der Waals surface area contributed by atoms with Crippen molar-refractivity contribution in [1.82, 2.24) is 0 Å². The molecule has 42 heavy (non-hydrogen) atoms. The van der Waals surface area contributed by atoms with Gasteiger partial charge in [-0.1, -0.05) is 69.2 Å². The maximum Gasteiger partial charge on any atom is 0.165 e. The number of hydrogen-bond donors (Lipinski definition) is 1. The highest BCUT2D eigenvalue weighted by molar-refractivity contribution is 6.07. The lowest BCUT2D eigenvalue weighted by Gasteiger charge is -2.29. The Hall–Kier alpha value is -3.07. The van der Waals surface area contributed by atoms with E-state index < -0.39 is 11.3 Å². The fourth-order valence-corrected chi connectivity index (χ4v) is 5.78. The molecule has 0 bridgehead atoms. The van der Waals surface area contributed by atoms with E-state index in [1.54, 1.807) is 26.0 Å². The average molecular weight is 573 g/mol. The number of Topliss-reactive ketones (excluding diaryl/α,β-unsaturated/α-hetero) is 3. The summed E-state index contributed by atoms with van der Waals surface area (Å²) in [5, 5.41) is 9.30. The van der Waals surface area contributed by atoms with Crippen molar-refractivity contribution in [3.63, 3.8) is 0 Å². The van der Waals surface area contributed by atoms with Crippen molar-refractivity contribution in [2.45, 2.75) is 91.4 Å². The standard InChI is InChI=1S/C37H48O5/c1-4-5-10-34(39)37(3,35(40)21-24-38)27-28(2)36(41)33-19-17-32(18-20-33)16-15-31-13-11-29(12-14-31)8-6-7-9-30-22-25-42-26-23-30/h11-14,17-20,28,30,38H,4-10,21-27H2,1-3H3/t28?,37-/m0/s1. The van der Waals surface area contributed by atoms with Crippen LogP contribution in [0.2, 0.25) is 0 Å². The zero-order valence-electron chi connectivity index (χ0n) is 25.8. The lowest BCUT2D eigenvalue weighted by Crippen LogP contribution is -2.39. The molecule has 3 rings (SSSR count). The first-order valence-corrected chi connectivity index (χ1v) is 15.8. The fraction of sp³-hybridized carbons (Fsp3) is 0.541. The van der Waals surface area contributed by atoms with Crippen LogP contribution in [0.15, 0.2) is 48.5 Å². The lowest BCUT2D eigenvalue weighted by molar-refractivity contribution is -0.141. The van der Waals surface area contributed by atoms with Crippen LogP contribution in [-0.2, 0) is 20.7 Å². The van der Waals surface area contributed by atoms with E-state index in [2.05, 4.69) is 36.1 Å². The molecule has 0 saturated carbocycles. The summed E-state index contributed by atoms with van der Waals surface area (Å²) in [5.41, 5.74) is 2.37. The molecule has 1 saturated heterocycles. The number of ether oxygens (including phenoxy) is 1. The van der Waals surface area contributed by atoms with Crippen molar-refractivity contribution >= 4 is 17.3 Å². The summed E-state index contributed by atoms with van der Waals surface area (Å²) in [5.74, 6) is 6.17. The molecule has 5 nitrogen and oxygen atoms in total. The molecule has 0 amide bonds. The molecule has 0 radical (unpaired) electrons. The van der Waals surface area contributed by atoms with Crippen LogP contribution in [0.5, 0.6) is 0 Å². The Morgan fingerprint density at radius 2 is 1.50 bits per heavy atom. The van der Waals surface area contributed by atoms with E-state index in [1.165, 1.54) is 37.7 Å². The van der Waals surface area contributed by atoms with Crippen LogP contribution in [0.4, 0.5) is 0 Å². The number of carbonyl (C=O) groups is 3. The van der Waals surface area contributed by atoms with Crippen molar-refractivity contribution in [1.29, 1.82) is 0 Å². The minimum absolute atomic E-state index is 0.0811. The smallest absolute Gasteiger partial charge is 0.165 e. The van der Waals surface area contributed by atoms with Crippen molar-refractivity contribution in [3.05, 3.63) is 70.8 Å². The van der Waals surface area contributed by atoms with Crippen LogP contribution in [0, 0.1) is 29.1 Å². The normalized spacial score (nSPS) is 15.7. The predicted octanol–water partition coefficient (Wildman–Crippen LogP) is 7.15. The summed E-state index contributed by atoms with van der Waals surface area (Å²) in [4.78, 5) is 39.0. The van der Waals surface area contributed by atoms with E-state index in [0.717, 1.165) is 43.1 Å².